The van der Waals surface area contributed by atoms with Crippen LogP contribution in [-0.4, -0.2) is 29.9 Å². The Hall–Kier alpha value is -13.0. The van der Waals surface area contributed by atoms with Crippen LogP contribution in [0.1, 0.15) is 146 Å². The van der Waals surface area contributed by atoms with Crippen LogP contribution in [0.4, 0.5) is 0 Å². The number of nitrogens with one attached hydrogen (secondary N) is 4. The third-order valence-electron chi connectivity index (χ3n) is 20.2. The molecule has 5 aromatic heterocycles. The maximum atomic E-state index is 5.79. The SMILES string of the molecule is C#CC#CC#CC#CC#CC1(CCCCCCCCCC)c2ccccc2-c2ccc(C3=c4ccc([nH]4)=C(c4ccc(C)c5nc(-c6ccccc6)c(-c6ccccc6)nc45)c4ccc([nH]4)C(c4ccc5c(c4)C(C)(C#CC#CC#C)c4ccccc4-5)=c4ccc([nH]4)=C(C)c4ccc3[nH]4)cc21. The summed E-state index contributed by atoms with van der Waals surface area (Å²) in [6, 6.07) is 74.0. The number of aryl methyl sites for hydroxylation is 1. The predicted molar refractivity (Wildman–Crippen MR) is 412 cm³/mol. The van der Waals surface area contributed by atoms with Crippen LogP contribution in [0.5, 0.6) is 0 Å². The van der Waals surface area contributed by atoms with Gasteiger partial charge in [-0.3, -0.25) is 0 Å². The van der Waals surface area contributed by atoms with Crippen LogP contribution in [0.3, 0.4) is 0 Å². The van der Waals surface area contributed by atoms with E-state index in [0.29, 0.717) is 0 Å². The Balaban J connectivity index is 0.984. The number of hydrogen-bond donors (Lipinski definition) is 4. The molecule has 6 nitrogen and oxygen atoms in total. The topological polar surface area (TPSA) is 88.9 Å². The molecule has 7 aromatic carbocycles. The molecule has 4 N–H and O–H groups in total. The minimum atomic E-state index is -0.685. The quantitative estimate of drug-likeness (QED) is 0.0646. The van der Waals surface area contributed by atoms with E-state index in [-0.39, 0.29) is 0 Å². The smallest absolute Gasteiger partial charge is 0.0977 e. The zero-order valence-electron chi connectivity index (χ0n) is 57.0. The molecular weight excluding hydrogens is 1230 g/mol. The first-order valence-electron chi connectivity index (χ1n) is 34.8. The summed E-state index contributed by atoms with van der Waals surface area (Å²) in [5.74, 6) is 41.0. The van der Waals surface area contributed by atoms with Gasteiger partial charge in [-0.15, -0.1) is 12.8 Å². The van der Waals surface area contributed by atoms with Crippen LogP contribution < -0.4 is 21.4 Å². The number of terminal acetylenes is 2. The molecular formula is C95H70N6. The molecule has 8 bridgehead atoms. The molecule has 12 aromatic rings. The zero-order chi connectivity index (χ0) is 68.9. The number of hydrogen-bond acceptors (Lipinski definition) is 2. The average molecular weight is 1300 g/mol. The van der Waals surface area contributed by atoms with Gasteiger partial charge in [-0.25, -0.2) is 9.97 Å². The third-order valence-corrected chi connectivity index (χ3v) is 20.2. The molecule has 6 heteroatoms. The number of benzene rings is 7. The summed E-state index contributed by atoms with van der Waals surface area (Å²) in [7, 11) is 0. The van der Waals surface area contributed by atoms with Crippen molar-refractivity contribution >= 4 is 33.3 Å². The van der Waals surface area contributed by atoms with Gasteiger partial charge in [0, 0.05) is 77.6 Å². The van der Waals surface area contributed by atoms with Gasteiger partial charge in [0.15, 0.2) is 0 Å². The Morgan fingerprint density at radius 2 is 0.812 bits per heavy atom. The Morgan fingerprint density at radius 1 is 0.356 bits per heavy atom. The molecule has 15 rings (SSSR count). The van der Waals surface area contributed by atoms with Crippen molar-refractivity contribution in [2.24, 2.45) is 0 Å². The molecule has 6 heterocycles. The zero-order valence-corrected chi connectivity index (χ0v) is 57.0. The maximum absolute atomic E-state index is 5.79. The van der Waals surface area contributed by atoms with Gasteiger partial charge in [-0.05, 0) is 226 Å². The molecule has 2 unspecified atom stereocenters. The second-order valence-corrected chi connectivity index (χ2v) is 26.3. The summed E-state index contributed by atoms with van der Waals surface area (Å²) in [4.78, 5) is 27.6. The lowest BCUT2D eigenvalue weighted by atomic mass is 9.74. The lowest BCUT2D eigenvalue weighted by molar-refractivity contribution is 0.520. The van der Waals surface area contributed by atoms with E-state index >= 15 is 0 Å². The van der Waals surface area contributed by atoms with Gasteiger partial charge >= 0.3 is 0 Å². The second-order valence-electron chi connectivity index (χ2n) is 26.3. The summed E-state index contributed by atoms with van der Waals surface area (Å²) in [5.41, 5.74) is 24.6. The van der Waals surface area contributed by atoms with Gasteiger partial charge < -0.3 is 19.9 Å². The van der Waals surface area contributed by atoms with E-state index in [1.165, 1.54) is 55.2 Å². The molecule has 480 valence electrons. The van der Waals surface area contributed by atoms with Gasteiger partial charge in [-0.1, -0.05) is 216 Å². The van der Waals surface area contributed by atoms with E-state index in [2.05, 4.69) is 325 Å². The highest BCUT2D eigenvalue weighted by atomic mass is 14.8. The van der Waals surface area contributed by atoms with Crippen molar-refractivity contribution in [2.45, 2.75) is 96.3 Å². The largest absolute Gasteiger partial charge is 0.355 e. The normalized spacial score (nSPS) is 14.8. The van der Waals surface area contributed by atoms with Crippen LogP contribution in [0, 0.1) is 103 Å². The molecule has 0 amide bonds. The van der Waals surface area contributed by atoms with Crippen molar-refractivity contribution < 1.29 is 0 Å². The minimum Gasteiger partial charge on any atom is -0.355 e. The number of aromatic nitrogens is 6. The summed E-state index contributed by atoms with van der Waals surface area (Å²) in [5, 5.41) is 3.70. The fraction of sp³-hybridized carbons (Fsp3) is 0.158. The number of rotatable bonds is 14. The van der Waals surface area contributed by atoms with Gasteiger partial charge in [0.2, 0.25) is 0 Å². The first-order valence-corrected chi connectivity index (χ1v) is 34.8. The Labute approximate surface area is 591 Å². The summed E-state index contributed by atoms with van der Waals surface area (Å²) < 4.78 is 0. The van der Waals surface area contributed by atoms with E-state index in [0.717, 1.165) is 169 Å². The fourth-order valence-electron chi connectivity index (χ4n) is 15.3. The molecule has 0 saturated carbocycles. The number of H-pyrrole nitrogens is 4. The molecule has 1 aliphatic heterocycles. The molecule has 101 heavy (non-hydrogen) atoms. The Bertz CT molecular complexity index is 6130. The van der Waals surface area contributed by atoms with Crippen LogP contribution in [0.15, 0.2) is 206 Å². The van der Waals surface area contributed by atoms with E-state index < -0.39 is 10.8 Å². The van der Waals surface area contributed by atoms with E-state index in [1.54, 1.807) is 0 Å². The van der Waals surface area contributed by atoms with E-state index in [9.17, 15) is 0 Å². The van der Waals surface area contributed by atoms with Crippen molar-refractivity contribution in [2.75, 3.05) is 0 Å². The minimum absolute atomic E-state index is 0.670. The van der Waals surface area contributed by atoms with Crippen molar-refractivity contribution in [3.8, 4) is 141 Å². The van der Waals surface area contributed by atoms with Gasteiger partial charge in [0.1, 0.15) is 0 Å². The van der Waals surface area contributed by atoms with Crippen molar-refractivity contribution in [1.29, 1.82) is 0 Å². The number of aromatic amines is 4. The highest BCUT2D eigenvalue weighted by Gasteiger charge is 2.43. The Kier molecular flexibility index (Phi) is 17.6. The second kappa shape index (κ2) is 27.8. The molecule has 0 saturated heterocycles. The van der Waals surface area contributed by atoms with Crippen LogP contribution in [0.25, 0.3) is 78.1 Å². The van der Waals surface area contributed by atoms with Crippen molar-refractivity contribution in [1.82, 2.24) is 29.9 Å². The van der Waals surface area contributed by atoms with Crippen molar-refractivity contribution in [3.05, 3.63) is 295 Å². The average Bonchev–Trinajstić information content (AvgIpc) is 1.66. The summed E-state index contributed by atoms with van der Waals surface area (Å²) in [6.45, 7) is 8.77. The fourth-order valence-corrected chi connectivity index (χ4v) is 15.3. The lowest BCUT2D eigenvalue weighted by Gasteiger charge is -2.27. The summed E-state index contributed by atoms with van der Waals surface area (Å²) >= 11 is 0. The highest BCUT2D eigenvalue weighted by molar-refractivity contribution is 5.98. The van der Waals surface area contributed by atoms with E-state index in [1.807, 2.05) is 12.1 Å². The van der Waals surface area contributed by atoms with Gasteiger partial charge in [0.25, 0.3) is 0 Å². The number of unbranched alkanes of at least 4 members (excludes halogenated alkanes) is 7. The molecule has 0 radical (unpaired) electrons. The summed E-state index contributed by atoms with van der Waals surface area (Å²) in [6.07, 6.45) is 21.4. The lowest BCUT2D eigenvalue weighted by Crippen LogP contribution is -2.24. The predicted octanol–water partition coefficient (Wildman–Crippen LogP) is 16.2. The van der Waals surface area contributed by atoms with E-state index in [4.69, 9.17) is 22.8 Å². The molecule has 0 spiro atoms. The number of fused-ring (bicyclic) bond motifs is 15. The first kappa shape index (κ1) is 64.0. The third kappa shape index (κ3) is 12.0. The van der Waals surface area contributed by atoms with Crippen molar-refractivity contribution in [3.63, 3.8) is 0 Å². The van der Waals surface area contributed by atoms with Gasteiger partial charge in [-0.2, -0.15) is 0 Å². The van der Waals surface area contributed by atoms with Crippen LogP contribution >= 0.6 is 0 Å². The molecule has 3 aliphatic rings. The van der Waals surface area contributed by atoms with Gasteiger partial charge in [0.05, 0.1) is 33.3 Å². The molecule has 2 atom stereocenters. The highest BCUT2D eigenvalue weighted by Crippen LogP contribution is 2.53. The van der Waals surface area contributed by atoms with Crippen LogP contribution in [0.2, 0.25) is 0 Å². The monoisotopic (exact) mass is 1290 g/mol. The number of nitrogens with zero attached hydrogens (tertiary/aromatic N) is 2. The Morgan fingerprint density at radius 3 is 1.46 bits per heavy atom. The van der Waals surface area contributed by atoms with Crippen LogP contribution in [-0.2, 0) is 10.8 Å². The molecule has 0 fully saturated rings. The molecule has 2 aliphatic carbocycles. The maximum Gasteiger partial charge on any atom is 0.0977 e. The standard InChI is InChI=1S/C95H70N6/c1-7-10-13-16-18-20-22-35-60-95(61-36-23-21-19-17-14-11-8-2)76-44-33-31-42-71(76)73-50-47-69(63-78(73)95)88-82-54-52-80(97-82)65(5)79-51-53-81(96-79)87(68-46-49-72-70-41-30-32-43-75(70)94(6,77(72)62-68)59-34-15-12-9-3)83-55-57-85(98-83)89(86-58-56-84(88)99-86)74-48-45-64(4)90-93(74)101-92(67-39-28-25-29-40-67)91(100-90)66-37-26-24-27-38-66/h1,3,24-33,37-58,62-63,96-99H,8,11,14,17,19,21,23,36,61H2,2,4-6H3. The first-order chi connectivity index (χ1) is 49.7.